The first-order chi connectivity index (χ1) is 11.7. The van der Waals surface area contributed by atoms with Gasteiger partial charge < -0.3 is 4.90 Å². The molecule has 2 aromatic carbocycles. The fourth-order valence-electron chi connectivity index (χ4n) is 2.72. The van der Waals surface area contributed by atoms with Crippen molar-refractivity contribution in [2.75, 3.05) is 11.4 Å². The Kier molecular flexibility index (Phi) is 5.06. The van der Waals surface area contributed by atoms with Gasteiger partial charge in [0.25, 0.3) is 5.91 Å². The van der Waals surface area contributed by atoms with Crippen molar-refractivity contribution in [3.05, 3.63) is 71.9 Å². The second-order valence-electron chi connectivity index (χ2n) is 5.70. The van der Waals surface area contributed by atoms with Crippen molar-refractivity contribution >= 4 is 35.0 Å². The number of thiocarbonyl (C=S) groups is 1. The molecular weight excluding hydrogens is 316 g/mol. The van der Waals surface area contributed by atoms with Gasteiger partial charge in [-0.2, -0.15) is 0 Å². The van der Waals surface area contributed by atoms with Crippen LogP contribution in [0.2, 0.25) is 0 Å². The van der Waals surface area contributed by atoms with Gasteiger partial charge in [0.1, 0.15) is 5.70 Å². The molecule has 0 bridgehead atoms. The molecule has 24 heavy (non-hydrogen) atoms. The van der Waals surface area contributed by atoms with Crippen molar-refractivity contribution < 1.29 is 4.79 Å². The minimum absolute atomic E-state index is 0.0637. The second kappa shape index (κ2) is 7.41. The molecule has 0 N–H and O–H groups in total. The summed E-state index contributed by atoms with van der Waals surface area (Å²) < 4.78 is 0. The first-order valence-corrected chi connectivity index (χ1v) is 8.61. The average molecular weight is 336 g/mol. The molecule has 4 heteroatoms. The molecule has 0 aliphatic carbocycles. The third-order valence-electron chi connectivity index (χ3n) is 3.99. The molecule has 3 rings (SSSR count). The van der Waals surface area contributed by atoms with Gasteiger partial charge in [-0.3, -0.25) is 9.69 Å². The maximum Gasteiger partial charge on any atom is 0.281 e. The molecule has 1 aliphatic rings. The van der Waals surface area contributed by atoms with Crippen molar-refractivity contribution in [2.45, 2.75) is 19.8 Å². The van der Waals surface area contributed by atoms with Crippen LogP contribution in [0.3, 0.4) is 0 Å². The van der Waals surface area contributed by atoms with E-state index in [2.05, 4.69) is 6.92 Å². The largest absolute Gasteiger partial charge is 0.313 e. The van der Waals surface area contributed by atoms with Gasteiger partial charge in [0.15, 0.2) is 5.11 Å². The fourth-order valence-corrected chi connectivity index (χ4v) is 3.10. The number of amides is 1. The van der Waals surface area contributed by atoms with Crippen molar-refractivity contribution in [2.24, 2.45) is 0 Å². The monoisotopic (exact) mass is 336 g/mol. The van der Waals surface area contributed by atoms with Crippen LogP contribution in [0.25, 0.3) is 6.08 Å². The van der Waals surface area contributed by atoms with Gasteiger partial charge in [-0.15, -0.1) is 0 Å². The van der Waals surface area contributed by atoms with E-state index in [1.54, 1.807) is 4.90 Å². The number of hydrogen-bond acceptors (Lipinski definition) is 2. The first-order valence-electron chi connectivity index (χ1n) is 8.20. The van der Waals surface area contributed by atoms with Crippen molar-refractivity contribution in [1.82, 2.24) is 4.90 Å². The molecule has 0 atom stereocenters. The number of carbonyl (C=O) groups excluding carboxylic acids is 1. The van der Waals surface area contributed by atoms with Crippen LogP contribution >= 0.6 is 12.2 Å². The normalized spacial score (nSPS) is 16.3. The summed E-state index contributed by atoms with van der Waals surface area (Å²) in [6.45, 7) is 2.89. The lowest BCUT2D eigenvalue weighted by atomic mass is 10.2. The molecule has 1 amide bonds. The summed E-state index contributed by atoms with van der Waals surface area (Å²) in [5, 5.41) is 0.557. The van der Waals surface area contributed by atoms with Gasteiger partial charge in [0, 0.05) is 6.54 Å². The van der Waals surface area contributed by atoms with Crippen LogP contribution in [0.15, 0.2) is 66.4 Å². The molecule has 0 unspecified atom stereocenters. The maximum atomic E-state index is 13.0. The Balaban J connectivity index is 2.00. The molecule has 0 aromatic heterocycles. The highest BCUT2D eigenvalue weighted by Crippen LogP contribution is 2.29. The lowest BCUT2D eigenvalue weighted by Crippen LogP contribution is -2.33. The number of unbranched alkanes of at least 4 members (excludes halogenated alkanes) is 1. The number of benzene rings is 2. The summed E-state index contributed by atoms with van der Waals surface area (Å²) in [5.41, 5.74) is 2.45. The van der Waals surface area contributed by atoms with Crippen molar-refractivity contribution in [3.8, 4) is 0 Å². The second-order valence-corrected chi connectivity index (χ2v) is 6.07. The van der Waals surface area contributed by atoms with E-state index in [4.69, 9.17) is 12.2 Å². The molecule has 1 heterocycles. The zero-order valence-corrected chi connectivity index (χ0v) is 14.5. The molecule has 0 spiro atoms. The zero-order valence-electron chi connectivity index (χ0n) is 13.7. The Morgan fingerprint density at radius 2 is 1.62 bits per heavy atom. The summed E-state index contributed by atoms with van der Waals surface area (Å²) >= 11 is 5.62. The minimum Gasteiger partial charge on any atom is -0.313 e. The summed E-state index contributed by atoms with van der Waals surface area (Å²) in [7, 11) is 0. The Labute approximate surface area is 148 Å². The Morgan fingerprint density at radius 1 is 1.00 bits per heavy atom. The molecule has 1 saturated heterocycles. The van der Waals surface area contributed by atoms with Crippen LogP contribution in [0.5, 0.6) is 0 Å². The van der Waals surface area contributed by atoms with E-state index in [0.717, 1.165) is 30.6 Å². The SMILES string of the molecule is CCCCN1C(=S)N(c2ccccc2)C(=O)/C1=C\c1ccccc1. The third kappa shape index (κ3) is 3.24. The number of rotatable bonds is 5. The fraction of sp³-hybridized carbons (Fsp3) is 0.200. The van der Waals surface area contributed by atoms with E-state index in [-0.39, 0.29) is 5.91 Å². The van der Waals surface area contributed by atoms with Crippen LogP contribution < -0.4 is 4.90 Å². The summed E-state index contributed by atoms with van der Waals surface area (Å²) in [4.78, 5) is 16.6. The first kappa shape index (κ1) is 16.4. The smallest absolute Gasteiger partial charge is 0.281 e. The molecular formula is C20H20N2OS. The molecule has 1 fully saturated rings. The molecule has 1 aliphatic heterocycles. The summed E-state index contributed by atoms with van der Waals surface area (Å²) in [5.74, 6) is -0.0637. The van der Waals surface area contributed by atoms with Crippen LogP contribution in [0.4, 0.5) is 5.69 Å². The number of para-hydroxylation sites is 1. The molecule has 2 aromatic rings. The highest BCUT2D eigenvalue weighted by molar-refractivity contribution is 7.80. The zero-order chi connectivity index (χ0) is 16.9. The Bertz CT molecular complexity index is 756. The quantitative estimate of drug-likeness (QED) is 0.595. The molecule has 0 saturated carbocycles. The Hall–Kier alpha value is -2.46. The summed E-state index contributed by atoms with van der Waals surface area (Å²) in [6.07, 6.45) is 3.96. The molecule has 122 valence electrons. The third-order valence-corrected chi connectivity index (χ3v) is 4.39. The van der Waals surface area contributed by atoms with E-state index in [0.29, 0.717) is 10.8 Å². The molecule has 0 radical (unpaired) electrons. The number of nitrogens with zero attached hydrogens (tertiary/aromatic N) is 2. The molecule has 3 nitrogen and oxygen atoms in total. The lowest BCUT2D eigenvalue weighted by molar-refractivity contribution is -0.114. The minimum atomic E-state index is -0.0637. The number of anilines is 1. The lowest BCUT2D eigenvalue weighted by Gasteiger charge is -2.20. The van der Waals surface area contributed by atoms with Gasteiger partial charge in [0.2, 0.25) is 0 Å². The average Bonchev–Trinajstić information content (AvgIpc) is 2.85. The topological polar surface area (TPSA) is 23.6 Å². The van der Waals surface area contributed by atoms with Gasteiger partial charge in [0.05, 0.1) is 5.69 Å². The van der Waals surface area contributed by atoms with Gasteiger partial charge in [-0.05, 0) is 42.4 Å². The van der Waals surface area contributed by atoms with Crippen LogP contribution in [-0.2, 0) is 4.79 Å². The van der Waals surface area contributed by atoms with Crippen LogP contribution in [0, 0.1) is 0 Å². The van der Waals surface area contributed by atoms with E-state index in [9.17, 15) is 4.79 Å². The highest BCUT2D eigenvalue weighted by atomic mass is 32.1. The van der Waals surface area contributed by atoms with E-state index >= 15 is 0 Å². The van der Waals surface area contributed by atoms with Crippen LogP contribution in [-0.4, -0.2) is 22.5 Å². The van der Waals surface area contributed by atoms with Gasteiger partial charge >= 0.3 is 0 Å². The summed E-state index contributed by atoms with van der Waals surface area (Å²) in [6, 6.07) is 19.5. The number of hydrogen-bond donors (Lipinski definition) is 0. The highest BCUT2D eigenvalue weighted by Gasteiger charge is 2.38. The van der Waals surface area contributed by atoms with E-state index < -0.39 is 0 Å². The van der Waals surface area contributed by atoms with Crippen molar-refractivity contribution in [3.63, 3.8) is 0 Å². The maximum absolute atomic E-state index is 13.0. The van der Waals surface area contributed by atoms with Gasteiger partial charge in [-0.1, -0.05) is 61.9 Å². The standard InChI is InChI=1S/C20H20N2OS/c1-2-3-14-21-18(15-16-10-6-4-7-11-16)19(23)22(20(21)24)17-12-8-5-9-13-17/h4-13,15H,2-3,14H2,1H3/b18-15+. The Morgan fingerprint density at radius 3 is 2.25 bits per heavy atom. The van der Waals surface area contributed by atoms with E-state index in [1.807, 2.05) is 71.6 Å². The van der Waals surface area contributed by atoms with Crippen molar-refractivity contribution in [1.29, 1.82) is 0 Å². The number of carbonyl (C=O) groups is 1. The van der Waals surface area contributed by atoms with E-state index in [1.165, 1.54) is 0 Å². The van der Waals surface area contributed by atoms with Crippen LogP contribution in [0.1, 0.15) is 25.3 Å². The predicted octanol–water partition coefficient (Wildman–Crippen LogP) is 4.46. The van der Waals surface area contributed by atoms with Gasteiger partial charge in [-0.25, -0.2) is 0 Å². The predicted molar refractivity (Wildman–Crippen MR) is 103 cm³/mol.